The SMILES string of the molecule is CC(C)(CCC[C@H](N)CF)Cc1nc(-c2cccc(F)c2)cn1Cc1ccccc1. The van der Waals surface area contributed by atoms with E-state index in [0.717, 1.165) is 36.3 Å². The molecule has 1 atom stereocenters. The minimum atomic E-state index is -0.473. The molecule has 0 spiro atoms. The first-order valence-corrected chi connectivity index (χ1v) is 10.5. The fraction of sp³-hybridized carbons (Fsp3) is 0.400. The van der Waals surface area contributed by atoms with E-state index in [2.05, 4.69) is 30.5 Å². The molecule has 5 heteroatoms. The van der Waals surface area contributed by atoms with Crippen LogP contribution in [0.5, 0.6) is 0 Å². The number of aromatic nitrogens is 2. The van der Waals surface area contributed by atoms with E-state index in [9.17, 15) is 8.78 Å². The van der Waals surface area contributed by atoms with E-state index < -0.39 is 6.67 Å². The quantitative estimate of drug-likeness (QED) is 0.460. The fourth-order valence-corrected chi connectivity index (χ4v) is 3.74. The zero-order valence-corrected chi connectivity index (χ0v) is 17.8. The Morgan fingerprint density at radius 1 is 1.10 bits per heavy atom. The van der Waals surface area contributed by atoms with Crippen LogP contribution in [0.2, 0.25) is 0 Å². The molecule has 0 unspecified atom stereocenters. The topological polar surface area (TPSA) is 43.8 Å². The number of hydrogen-bond donors (Lipinski definition) is 1. The lowest BCUT2D eigenvalue weighted by molar-refractivity contribution is 0.297. The van der Waals surface area contributed by atoms with Crippen molar-refractivity contribution in [3.8, 4) is 11.3 Å². The molecule has 0 fully saturated rings. The third-order valence-electron chi connectivity index (χ3n) is 5.44. The second kappa shape index (κ2) is 9.98. The Morgan fingerprint density at radius 2 is 1.87 bits per heavy atom. The van der Waals surface area contributed by atoms with Gasteiger partial charge in [0, 0.05) is 30.8 Å². The summed E-state index contributed by atoms with van der Waals surface area (Å²) >= 11 is 0. The molecule has 3 rings (SSSR count). The summed E-state index contributed by atoms with van der Waals surface area (Å²) in [5, 5.41) is 0. The summed E-state index contributed by atoms with van der Waals surface area (Å²) < 4.78 is 28.5. The number of halogens is 2. The van der Waals surface area contributed by atoms with E-state index in [-0.39, 0.29) is 17.3 Å². The molecule has 0 amide bonds. The Labute approximate surface area is 178 Å². The van der Waals surface area contributed by atoms with E-state index in [4.69, 9.17) is 10.7 Å². The lowest BCUT2D eigenvalue weighted by Crippen LogP contribution is -2.24. The van der Waals surface area contributed by atoms with Gasteiger partial charge in [-0.05, 0) is 36.0 Å². The zero-order valence-electron chi connectivity index (χ0n) is 17.8. The van der Waals surface area contributed by atoms with Gasteiger partial charge < -0.3 is 10.3 Å². The molecule has 2 aromatic carbocycles. The lowest BCUT2D eigenvalue weighted by Gasteiger charge is -2.25. The second-order valence-electron chi connectivity index (χ2n) is 8.81. The van der Waals surface area contributed by atoms with Crippen LogP contribution in [0, 0.1) is 11.2 Å². The maximum Gasteiger partial charge on any atom is 0.123 e. The predicted molar refractivity (Wildman–Crippen MR) is 118 cm³/mol. The van der Waals surface area contributed by atoms with Gasteiger partial charge in [0.2, 0.25) is 0 Å². The average molecular weight is 412 g/mol. The standard InChI is InChI=1S/C25H31F2N3/c1-25(2,13-7-12-22(28)16-26)15-24-29-23(20-10-6-11-21(27)14-20)18-30(24)17-19-8-4-3-5-9-19/h3-6,8-11,14,18,22H,7,12-13,15-17,28H2,1-2H3/t22-/m0/s1. The summed E-state index contributed by atoms with van der Waals surface area (Å²) in [6.45, 7) is 4.65. The van der Waals surface area contributed by atoms with Crippen molar-refractivity contribution in [1.82, 2.24) is 9.55 Å². The number of nitrogens with zero attached hydrogens (tertiary/aromatic N) is 2. The van der Waals surface area contributed by atoms with Crippen molar-refractivity contribution in [1.29, 1.82) is 0 Å². The Balaban J connectivity index is 1.83. The molecular formula is C25H31F2N3. The Morgan fingerprint density at radius 3 is 2.57 bits per heavy atom. The van der Waals surface area contributed by atoms with Gasteiger partial charge in [0.25, 0.3) is 0 Å². The highest BCUT2D eigenvalue weighted by Gasteiger charge is 2.23. The maximum absolute atomic E-state index is 13.7. The van der Waals surface area contributed by atoms with Crippen molar-refractivity contribution in [2.45, 2.75) is 52.1 Å². The monoisotopic (exact) mass is 411 g/mol. The number of alkyl halides is 1. The molecule has 0 aliphatic heterocycles. The van der Waals surface area contributed by atoms with Crippen LogP contribution in [0.25, 0.3) is 11.3 Å². The molecule has 30 heavy (non-hydrogen) atoms. The Hall–Kier alpha value is -2.53. The molecule has 0 aliphatic rings. The van der Waals surface area contributed by atoms with Gasteiger partial charge in [0.1, 0.15) is 18.3 Å². The number of nitrogens with two attached hydrogens (primary N) is 1. The molecule has 0 bridgehead atoms. The second-order valence-corrected chi connectivity index (χ2v) is 8.81. The summed E-state index contributed by atoms with van der Waals surface area (Å²) in [6.07, 6.45) is 5.29. The number of benzene rings is 2. The number of rotatable bonds is 10. The van der Waals surface area contributed by atoms with Crippen LogP contribution in [0.15, 0.2) is 60.8 Å². The van der Waals surface area contributed by atoms with Gasteiger partial charge in [0.05, 0.1) is 5.69 Å². The Kier molecular flexibility index (Phi) is 7.38. The highest BCUT2D eigenvalue weighted by Crippen LogP contribution is 2.30. The van der Waals surface area contributed by atoms with Crippen molar-refractivity contribution >= 4 is 0 Å². The van der Waals surface area contributed by atoms with Crippen LogP contribution in [0.3, 0.4) is 0 Å². The van der Waals surface area contributed by atoms with Gasteiger partial charge in [-0.3, -0.25) is 0 Å². The van der Waals surface area contributed by atoms with Crippen molar-refractivity contribution in [3.63, 3.8) is 0 Å². The maximum atomic E-state index is 13.7. The largest absolute Gasteiger partial charge is 0.330 e. The molecule has 160 valence electrons. The summed E-state index contributed by atoms with van der Waals surface area (Å²) in [7, 11) is 0. The van der Waals surface area contributed by atoms with Gasteiger partial charge in [-0.25, -0.2) is 13.8 Å². The summed E-state index contributed by atoms with van der Waals surface area (Å²) in [5.74, 6) is 0.703. The molecule has 1 aromatic heterocycles. The molecule has 3 aromatic rings. The zero-order chi connectivity index (χ0) is 21.6. The summed E-state index contributed by atoms with van der Waals surface area (Å²) in [5.41, 5.74) is 8.45. The molecule has 1 heterocycles. The van der Waals surface area contributed by atoms with E-state index in [1.165, 1.54) is 17.7 Å². The van der Waals surface area contributed by atoms with Crippen molar-refractivity contribution < 1.29 is 8.78 Å². The highest BCUT2D eigenvalue weighted by molar-refractivity contribution is 5.58. The molecule has 3 nitrogen and oxygen atoms in total. The van der Waals surface area contributed by atoms with Crippen LogP contribution in [0.4, 0.5) is 8.78 Å². The minimum Gasteiger partial charge on any atom is -0.330 e. The van der Waals surface area contributed by atoms with Gasteiger partial charge in [0.15, 0.2) is 0 Å². The molecule has 0 saturated heterocycles. The van der Waals surface area contributed by atoms with Crippen molar-refractivity contribution in [2.24, 2.45) is 11.1 Å². The van der Waals surface area contributed by atoms with E-state index >= 15 is 0 Å². The van der Waals surface area contributed by atoms with Crippen LogP contribution >= 0.6 is 0 Å². The number of imidazole rings is 1. The summed E-state index contributed by atoms with van der Waals surface area (Å²) in [6, 6.07) is 16.4. The first kappa shape index (κ1) is 22.2. The van der Waals surface area contributed by atoms with Crippen LogP contribution in [-0.4, -0.2) is 22.3 Å². The van der Waals surface area contributed by atoms with Crippen LogP contribution in [0.1, 0.15) is 44.5 Å². The molecule has 2 N–H and O–H groups in total. The summed E-state index contributed by atoms with van der Waals surface area (Å²) in [4.78, 5) is 4.87. The predicted octanol–water partition coefficient (Wildman–Crippen LogP) is 5.77. The third kappa shape index (κ3) is 6.23. The van der Waals surface area contributed by atoms with E-state index in [0.29, 0.717) is 13.0 Å². The smallest absolute Gasteiger partial charge is 0.123 e. The molecule has 0 radical (unpaired) electrons. The van der Waals surface area contributed by atoms with Crippen LogP contribution < -0.4 is 5.73 Å². The first-order valence-electron chi connectivity index (χ1n) is 10.5. The van der Waals surface area contributed by atoms with Crippen molar-refractivity contribution in [2.75, 3.05) is 6.67 Å². The van der Waals surface area contributed by atoms with Crippen molar-refractivity contribution in [3.05, 3.63) is 78.0 Å². The van der Waals surface area contributed by atoms with Gasteiger partial charge >= 0.3 is 0 Å². The lowest BCUT2D eigenvalue weighted by atomic mass is 9.83. The average Bonchev–Trinajstić information content (AvgIpc) is 3.10. The minimum absolute atomic E-state index is 0.00493. The van der Waals surface area contributed by atoms with Gasteiger partial charge in [-0.2, -0.15) is 0 Å². The Bertz CT molecular complexity index is 935. The first-order chi connectivity index (χ1) is 14.4. The molecule has 0 saturated carbocycles. The molecule has 0 aliphatic carbocycles. The van der Waals surface area contributed by atoms with E-state index in [1.807, 2.05) is 30.5 Å². The normalized spacial score (nSPS) is 12.8. The van der Waals surface area contributed by atoms with Crippen LogP contribution in [-0.2, 0) is 13.0 Å². The molecular weight excluding hydrogens is 380 g/mol. The van der Waals surface area contributed by atoms with E-state index in [1.54, 1.807) is 6.07 Å². The van der Waals surface area contributed by atoms with Gasteiger partial charge in [-0.1, -0.05) is 62.7 Å². The third-order valence-corrected chi connectivity index (χ3v) is 5.44. The van der Waals surface area contributed by atoms with Gasteiger partial charge in [-0.15, -0.1) is 0 Å². The number of hydrogen-bond acceptors (Lipinski definition) is 2. The highest BCUT2D eigenvalue weighted by atomic mass is 19.1. The fourth-order valence-electron chi connectivity index (χ4n) is 3.74.